The minimum atomic E-state index is -0.489. The van der Waals surface area contributed by atoms with Gasteiger partial charge in [0, 0.05) is 4.88 Å². The van der Waals surface area contributed by atoms with Crippen LogP contribution in [0.25, 0.3) is 0 Å². The third kappa shape index (κ3) is 6.65. The van der Waals surface area contributed by atoms with Gasteiger partial charge in [-0.2, -0.15) is 0 Å². The van der Waals surface area contributed by atoms with E-state index in [1.807, 2.05) is 37.3 Å². The summed E-state index contributed by atoms with van der Waals surface area (Å²) in [6.45, 7) is 10.2. The number of amides is 1. The second-order valence-corrected chi connectivity index (χ2v) is 9.41. The van der Waals surface area contributed by atoms with Crippen LogP contribution in [-0.2, 0) is 22.4 Å². The predicted octanol–water partition coefficient (Wildman–Crippen LogP) is 4.80. The summed E-state index contributed by atoms with van der Waals surface area (Å²) in [5, 5.41) is 7.15. The molecule has 0 fully saturated rings. The van der Waals surface area contributed by atoms with E-state index >= 15 is 0 Å². The van der Waals surface area contributed by atoms with Crippen molar-refractivity contribution < 1.29 is 14.3 Å². The lowest BCUT2D eigenvalue weighted by Gasteiger charge is -2.21. The number of carbonyl (C=O) groups excluding carboxylic acids is 2. The van der Waals surface area contributed by atoms with Gasteiger partial charge in [0.2, 0.25) is 5.91 Å². The molecule has 1 amide bonds. The molecule has 0 spiro atoms. The van der Waals surface area contributed by atoms with Gasteiger partial charge in [-0.1, -0.05) is 44.2 Å². The summed E-state index contributed by atoms with van der Waals surface area (Å²) in [6.07, 6.45) is 4.95. The molecule has 7 heteroatoms. The molecule has 0 bridgehead atoms. The van der Waals surface area contributed by atoms with Gasteiger partial charge in [-0.15, -0.1) is 11.3 Å². The number of carbonyl (C=O) groups is 2. The number of ether oxygens (including phenoxy) is 1. The van der Waals surface area contributed by atoms with Gasteiger partial charge in [0.15, 0.2) is 0 Å². The number of aryl methyl sites for hydroxylation is 1. The molecule has 0 aliphatic heterocycles. The number of esters is 1. The number of thiophene rings is 1. The Hall–Kier alpha value is -2.22. The summed E-state index contributed by atoms with van der Waals surface area (Å²) in [7, 11) is 0. The van der Waals surface area contributed by atoms with E-state index in [1.165, 1.54) is 16.2 Å². The topological polar surface area (TPSA) is 70.7 Å². The molecule has 1 aliphatic rings. The van der Waals surface area contributed by atoms with Gasteiger partial charge >= 0.3 is 5.97 Å². The van der Waals surface area contributed by atoms with Gasteiger partial charge in [0.25, 0.3) is 0 Å². The minimum Gasteiger partial charge on any atom is -0.462 e. The Morgan fingerprint density at radius 1 is 1.09 bits per heavy atom. The van der Waals surface area contributed by atoms with Crippen LogP contribution in [0.1, 0.15) is 72.4 Å². The lowest BCUT2D eigenvalue weighted by Crippen LogP contribution is -2.35. The summed E-state index contributed by atoms with van der Waals surface area (Å²) in [4.78, 5) is 29.8. The van der Waals surface area contributed by atoms with Crippen molar-refractivity contribution in [3.63, 3.8) is 0 Å². The van der Waals surface area contributed by atoms with Crippen LogP contribution >= 0.6 is 11.3 Å². The molecule has 1 heterocycles. The van der Waals surface area contributed by atoms with Gasteiger partial charge in [-0.05, 0) is 76.3 Å². The summed E-state index contributed by atoms with van der Waals surface area (Å²) < 4.78 is 5.34. The summed E-state index contributed by atoms with van der Waals surface area (Å²) in [6, 6.07) is 9.28. The molecule has 0 unspecified atom stereocenters. The van der Waals surface area contributed by atoms with E-state index in [9.17, 15) is 9.59 Å². The van der Waals surface area contributed by atoms with Crippen molar-refractivity contribution in [3.05, 3.63) is 51.9 Å². The number of nitrogens with one attached hydrogen (secondary N) is 2. The van der Waals surface area contributed by atoms with Gasteiger partial charge in [-0.25, -0.2) is 4.79 Å². The van der Waals surface area contributed by atoms with E-state index in [2.05, 4.69) is 29.4 Å². The normalized spacial score (nSPS) is 14.1. The van der Waals surface area contributed by atoms with E-state index in [0.717, 1.165) is 69.4 Å². The molecule has 2 N–H and O–H groups in total. The van der Waals surface area contributed by atoms with Gasteiger partial charge in [0.05, 0.1) is 12.2 Å². The van der Waals surface area contributed by atoms with Crippen molar-refractivity contribution >= 4 is 28.2 Å². The Morgan fingerprint density at radius 2 is 1.82 bits per heavy atom. The van der Waals surface area contributed by atoms with Crippen molar-refractivity contribution in [1.29, 1.82) is 0 Å². The number of anilines is 1. The van der Waals surface area contributed by atoms with Crippen LogP contribution in [0.4, 0.5) is 5.00 Å². The second-order valence-electron chi connectivity index (χ2n) is 8.30. The van der Waals surface area contributed by atoms with Crippen LogP contribution < -0.4 is 10.6 Å². The maximum Gasteiger partial charge on any atom is 0.341 e. The molecule has 2 aromatic rings. The third-order valence-electron chi connectivity index (χ3n) is 6.18. The first kappa shape index (κ1) is 25.4. The molecule has 3 rings (SSSR count). The first-order chi connectivity index (χ1) is 16.1. The highest BCUT2D eigenvalue weighted by Crippen LogP contribution is 2.39. The lowest BCUT2D eigenvalue weighted by molar-refractivity contribution is -0.118. The van der Waals surface area contributed by atoms with Gasteiger partial charge in [0.1, 0.15) is 11.0 Å². The minimum absolute atomic E-state index is 0.145. The average molecular weight is 472 g/mol. The molecule has 33 heavy (non-hydrogen) atoms. The molecule has 0 radical (unpaired) electrons. The average Bonchev–Trinajstić information content (AvgIpc) is 3.20. The highest BCUT2D eigenvalue weighted by molar-refractivity contribution is 7.17. The fraction of sp³-hybridized carbons (Fsp3) is 0.538. The van der Waals surface area contributed by atoms with E-state index in [4.69, 9.17) is 4.74 Å². The van der Waals surface area contributed by atoms with Crippen molar-refractivity contribution in [3.8, 4) is 0 Å². The van der Waals surface area contributed by atoms with Crippen molar-refractivity contribution in [2.24, 2.45) is 0 Å². The number of benzene rings is 1. The highest BCUT2D eigenvalue weighted by atomic mass is 32.1. The van der Waals surface area contributed by atoms with Crippen LogP contribution in [0.2, 0.25) is 0 Å². The predicted molar refractivity (Wildman–Crippen MR) is 135 cm³/mol. The highest BCUT2D eigenvalue weighted by Gasteiger charge is 2.29. The standard InChI is InChI=1S/C26H37N3O3S/c1-4-29(5-2)18-12-17-27-23(19-13-8-7-9-14-19)24(30)28-25-22(26(31)32-6-3)20-15-10-11-16-21(20)33-25/h7-9,13-14,23,27H,4-6,10-12,15-18H2,1-3H3,(H,28,30)/t23-/m0/s1. The fourth-order valence-electron chi connectivity index (χ4n) is 4.35. The van der Waals surface area contributed by atoms with Crippen LogP contribution in [0.5, 0.6) is 0 Å². The van der Waals surface area contributed by atoms with Gasteiger partial charge in [-0.3, -0.25) is 4.79 Å². The Kier molecular flexibility index (Phi) is 9.91. The van der Waals surface area contributed by atoms with Crippen LogP contribution in [0.3, 0.4) is 0 Å². The van der Waals surface area contributed by atoms with Gasteiger partial charge < -0.3 is 20.3 Å². The number of nitrogens with zero attached hydrogens (tertiary/aromatic N) is 1. The molecule has 0 saturated heterocycles. The molecule has 1 aromatic heterocycles. The van der Waals surface area contributed by atoms with Crippen molar-refractivity contribution in [1.82, 2.24) is 10.2 Å². The molecule has 1 aromatic carbocycles. The molecule has 6 nitrogen and oxygen atoms in total. The van der Waals surface area contributed by atoms with Crippen LogP contribution in [0.15, 0.2) is 30.3 Å². The Morgan fingerprint density at radius 3 is 2.52 bits per heavy atom. The number of fused-ring (bicyclic) bond motifs is 1. The summed E-state index contributed by atoms with van der Waals surface area (Å²) >= 11 is 1.53. The summed E-state index contributed by atoms with van der Waals surface area (Å²) in [5.74, 6) is -0.483. The lowest BCUT2D eigenvalue weighted by atomic mass is 9.95. The zero-order valence-electron chi connectivity index (χ0n) is 20.1. The fourth-order valence-corrected chi connectivity index (χ4v) is 5.63. The van der Waals surface area contributed by atoms with E-state index < -0.39 is 6.04 Å². The molecular weight excluding hydrogens is 434 g/mol. The van der Waals surface area contributed by atoms with Crippen LogP contribution in [0, 0.1) is 0 Å². The van der Waals surface area contributed by atoms with Crippen LogP contribution in [-0.4, -0.2) is 49.6 Å². The first-order valence-electron chi connectivity index (χ1n) is 12.2. The zero-order chi connectivity index (χ0) is 23.6. The quantitative estimate of drug-likeness (QED) is 0.344. The molecule has 180 valence electrons. The maximum absolute atomic E-state index is 13.5. The Labute approximate surface area is 201 Å². The monoisotopic (exact) mass is 471 g/mol. The number of rotatable bonds is 12. The third-order valence-corrected chi connectivity index (χ3v) is 7.38. The first-order valence-corrected chi connectivity index (χ1v) is 13.0. The van der Waals surface area contributed by atoms with Crippen molar-refractivity contribution in [2.45, 2.75) is 58.9 Å². The molecule has 0 saturated carbocycles. The molecular formula is C26H37N3O3S. The molecule has 1 atom stereocenters. The SMILES string of the molecule is CCOC(=O)c1c(NC(=O)[C@@H](NCCCN(CC)CC)c2ccccc2)sc2c1CCCC2. The smallest absolute Gasteiger partial charge is 0.341 e. The van der Waals surface area contributed by atoms with E-state index in [0.29, 0.717) is 17.2 Å². The summed E-state index contributed by atoms with van der Waals surface area (Å²) in [5.41, 5.74) is 2.53. The van der Waals surface area contributed by atoms with Crippen molar-refractivity contribution in [2.75, 3.05) is 38.1 Å². The Balaban J connectivity index is 1.78. The number of hydrogen-bond acceptors (Lipinski definition) is 6. The second kappa shape index (κ2) is 12.9. The molecule has 1 aliphatic carbocycles. The number of hydrogen-bond donors (Lipinski definition) is 2. The maximum atomic E-state index is 13.5. The Bertz CT molecular complexity index is 909. The van der Waals surface area contributed by atoms with E-state index in [1.54, 1.807) is 0 Å². The van der Waals surface area contributed by atoms with E-state index in [-0.39, 0.29) is 11.9 Å². The zero-order valence-corrected chi connectivity index (χ0v) is 20.9. The largest absolute Gasteiger partial charge is 0.462 e.